The minimum atomic E-state index is -0.771. The Hall–Kier alpha value is -3.41. The molecule has 3 rings (SSSR count). The Morgan fingerprint density at radius 2 is 1.92 bits per heavy atom. The molecule has 3 N–H and O–H groups in total. The van der Waals surface area contributed by atoms with Crippen LogP contribution in [0.5, 0.6) is 0 Å². The molecule has 0 saturated carbocycles. The number of aromatic nitrogens is 2. The summed E-state index contributed by atoms with van der Waals surface area (Å²) in [6.07, 6.45) is 5.45. The zero-order valence-electron chi connectivity index (χ0n) is 13.5. The molecular formula is C19H18N4O2. The van der Waals surface area contributed by atoms with E-state index >= 15 is 0 Å². The first-order valence-corrected chi connectivity index (χ1v) is 7.86. The Labute approximate surface area is 145 Å². The molecular weight excluding hydrogens is 316 g/mol. The van der Waals surface area contributed by atoms with Crippen LogP contribution in [0.4, 0.5) is 0 Å². The van der Waals surface area contributed by atoms with Crippen molar-refractivity contribution in [3.63, 3.8) is 0 Å². The normalized spacial score (nSPS) is 11.7. The van der Waals surface area contributed by atoms with Gasteiger partial charge in [-0.1, -0.05) is 36.4 Å². The number of nitrogens with two attached hydrogens (primary N) is 1. The smallest absolute Gasteiger partial charge is 0.252 e. The number of benzene rings is 2. The van der Waals surface area contributed by atoms with Crippen LogP contribution in [0.15, 0.2) is 73.3 Å². The van der Waals surface area contributed by atoms with Crippen molar-refractivity contribution < 1.29 is 9.59 Å². The number of rotatable bonds is 6. The number of hydrogen-bond acceptors (Lipinski definition) is 3. The van der Waals surface area contributed by atoms with E-state index in [1.54, 1.807) is 41.5 Å². The molecule has 0 aliphatic heterocycles. The molecule has 2 amide bonds. The van der Waals surface area contributed by atoms with Gasteiger partial charge in [0.1, 0.15) is 6.04 Å². The van der Waals surface area contributed by atoms with Crippen molar-refractivity contribution in [2.24, 2.45) is 5.73 Å². The molecule has 126 valence electrons. The Kier molecular flexibility index (Phi) is 4.89. The summed E-state index contributed by atoms with van der Waals surface area (Å²) in [7, 11) is 0. The van der Waals surface area contributed by atoms with Crippen molar-refractivity contribution in [3.8, 4) is 5.69 Å². The lowest BCUT2D eigenvalue weighted by molar-refractivity contribution is -0.119. The van der Waals surface area contributed by atoms with Crippen LogP contribution >= 0.6 is 0 Å². The first-order valence-electron chi connectivity index (χ1n) is 7.86. The summed E-state index contributed by atoms with van der Waals surface area (Å²) in [6.45, 7) is 0. The second-order valence-corrected chi connectivity index (χ2v) is 5.64. The molecule has 0 unspecified atom stereocenters. The molecule has 0 saturated heterocycles. The molecule has 0 aliphatic carbocycles. The number of imidazole rings is 1. The highest BCUT2D eigenvalue weighted by Crippen LogP contribution is 2.11. The number of nitrogens with one attached hydrogen (secondary N) is 1. The minimum Gasteiger partial charge on any atom is -0.368 e. The molecule has 6 nitrogen and oxygen atoms in total. The van der Waals surface area contributed by atoms with Gasteiger partial charge in [0, 0.05) is 30.1 Å². The maximum absolute atomic E-state index is 12.5. The Balaban J connectivity index is 1.75. The van der Waals surface area contributed by atoms with Gasteiger partial charge in [-0.25, -0.2) is 4.98 Å². The summed E-state index contributed by atoms with van der Waals surface area (Å²) in [5.41, 5.74) is 7.64. The van der Waals surface area contributed by atoms with Gasteiger partial charge in [-0.05, 0) is 23.8 Å². The SMILES string of the molecule is NC(=O)[C@@H](Cc1ccccc1)NC(=O)c1cccc(-n2ccnc2)c1. The van der Waals surface area contributed by atoms with Gasteiger partial charge in [-0.15, -0.1) is 0 Å². The van der Waals surface area contributed by atoms with Gasteiger partial charge in [0.05, 0.1) is 6.33 Å². The number of amides is 2. The van der Waals surface area contributed by atoms with Gasteiger partial charge >= 0.3 is 0 Å². The zero-order chi connectivity index (χ0) is 17.6. The van der Waals surface area contributed by atoms with Crippen LogP contribution in [0.25, 0.3) is 5.69 Å². The number of carbonyl (C=O) groups excluding carboxylic acids is 2. The van der Waals surface area contributed by atoms with E-state index in [0.717, 1.165) is 11.3 Å². The topological polar surface area (TPSA) is 90.0 Å². The van der Waals surface area contributed by atoms with E-state index in [4.69, 9.17) is 5.73 Å². The lowest BCUT2D eigenvalue weighted by atomic mass is 10.0. The molecule has 3 aromatic rings. The van der Waals surface area contributed by atoms with Crippen molar-refractivity contribution in [3.05, 3.63) is 84.4 Å². The quantitative estimate of drug-likeness (QED) is 0.719. The molecule has 0 bridgehead atoms. The van der Waals surface area contributed by atoms with Crippen LogP contribution < -0.4 is 11.1 Å². The fourth-order valence-electron chi connectivity index (χ4n) is 2.53. The average Bonchev–Trinajstić information content (AvgIpc) is 3.17. The Bertz CT molecular complexity index is 860. The lowest BCUT2D eigenvalue weighted by Crippen LogP contribution is -2.45. The number of hydrogen-bond donors (Lipinski definition) is 2. The molecule has 25 heavy (non-hydrogen) atoms. The van der Waals surface area contributed by atoms with Crippen molar-refractivity contribution in [2.45, 2.75) is 12.5 Å². The van der Waals surface area contributed by atoms with Crippen molar-refractivity contribution >= 4 is 11.8 Å². The van der Waals surface area contributed by atoms with E-state index < -0.39 is 11.9 Å². The largest absolute Gasteiger partial charge is 0.368 e. The summed E-state index contributed by atoms with van der Waals surface area (Å²) < 4.78 is 1.80. The highest BCUT2D eigenvalue weighted by Gasteiger charge is 2.19. The Morgan fingerprint density at radius 3 is 2.60 bits per heavy atom. The standard InChI is InChI=1S/C19H18N4O2/c20-18(24)17(11-14-5-2-1-3-6-14)22-19(25)15-7-4-8-16(12-15)23-10-9-21-13-23/h1-10,12-13,17H,11H2,(H2,20,24)(H,22,25)/t17-/m1/s1. The predicted molar refractivity (Wildman–Crippen MR) is 94.2 cm³/mol. The van der Waals surface area contributed by atoms with E-state index in [2.05, 4.69) is 10.3 Å². The van der Waals surface area contributed by atoms with Crippen LogP contribution in [0.3, 0.4) is 0 Å². The maximum atomic E-state index is 12.5. The number of primary amides is 1. The highest BCUT2D eigenvalue weighted by atomic mass is 16.2. The third-order valence-corrected chi connectivity index (χ3v) is 3.84. The first-order chi connectivity index (χ1) is 12.1. The summed E-state index contributed by atoms with van der Waals surface area (Å²) in [5.74, 6) is -0.912. The van der Waals surface area contributed by atoms with Gasteiger partial charge in [-0.2, -0.15) is 0 Å². The van der Waals surface area contributed by atoms with Gasteiger partial charge in [0.2, 0.25) is 5.91 Å². The van der Waals surface area contributed by atoms with Crippen molar-refractivity contribution in [1.82, 2.24) is 14.9 Å². The summed E-state index contributed by atoms with van der Waals surface area (Å²) in [5, 5.41) is 2.72. The second kappa shape index (κ2) is 7.44. The molecule has 0 spiro atoms. The van der Waals surface area contributed by atoms with Crippen molar-refractivity contribution in [2.75, 3.05) is 0 Å². The number of carbonyl (C=O) groups is 2. The molecule has 6 heteroatoms. The minimum absolute atomic E-state index is 0.346. The van der Waals surface area contributed by atoms with Gasteiger partial charge in [0.25, 0.3) is 5.91 Å². The van der Waals surface area contributed by atoms with E-state index in [1.165, 1.54) is 0 Å². The van der Waals surface area contributed by atoms with E-state index in [9.17, 15) is 9.59 Å². The maximum Gasteiger partial charge on any atom is 0.252 e. The molecule has 0 aliphatic rings. The number of nitrogens with zero attached hydrogens (tertiary/aromatic N) is 2. The first kappa shape index (κ1) is 16.4. The van der Waals surface area contributed by atoms with Crippen LogP contribution in [0, 0.1) is 0 Å². The van der Waals surface area contributed by atoms with Crippen LogP contribution in [0.2, 0.25) is 0 Å². The molecule has 0 radical (unpaired) electrons. The lowest BCUT2D eigenvalue weighted by Gasteiger charge is -2.16. The van der Waals surface area contributed by atoms with E-state index in [1.807, 2.05) is 36.4 Å². The zero-order valence-corrected chi connectivity index (χ0v) is 13.5. The predicted octanol–water partition coefficient (Wildman–Crippen LogP) is 1.70. The second-order valence-electron chi connectivity index (χ2n) is 5.64. The van der Waals surface area contributed by atoms with E-state index in [-0.39, 0.29) is 5.91 Å². The summed E-state index contributed by atoms with van der Waals surface area (Å²) in [4.78, 5) is 28.2. The van der Waals surface area contributed by atoms with Crippen LogP contribution in [-0.4, -0.2) is 27.4 Å². The fraction of sp³-hybridized carbons (Fsp3) is 0.105. The third kappa shape index (κ3) is 4.11. The average molecular weight is 334 g/mol. The summed E-state index contributed by atoms with van der Waals surface area (Å²) >= 11 is 0. The molecule has 1 aromatic heterocycles. The molecule has 0 fully saturated rings. The van der Waals surface area contributed by atoms with Crippen LogP contribution in [0.1, 0.15) is 15.9 Å². The van der Waals surface area contributed by atoms with Gasteiger partial charge < -0.3 is 15.6 Å². The van der Waals surface area contributed by atoms with E-state index in [0.29, 0.717) is 12.0 Å². The third-order valence-electron chi connectivity index (χ3n) is 3.84. The summed E-state index contributed by atoms with van der Waals surface area (Å²) in [6, 6.07) is 15.7. The molecule has 2 aromatic carbocycles. The molecule has 1 heterocycles. The highest BCUT2D eigenvalue weighted by molar-refractivity contribution is 5.97. The molecule has 1 atom stereocenters. The van der Waals surface area contributed by atoms with Gasteiger partial charge in [-0.3, -0.25) is 9.59 Å². The van der Waals surface area contributed by atoms with Crippen molar-refractivity contribution in [1.29, 1.82) is 0 Å². The van der Waals surface area contributed by atoms with Gasteiger partial charge in [0.15, 0.2) is 0 Å². The van der Waals surface area contributed by atoms with Crippen LogP contribution in [-0.2, 0) is 11.2 Å². The monoisotopic (exact) mass is 334 g/mol. The fourth-order valence-corrected chi connectivity index (χ4v) is 2.53. The Morgan fingerprint density at radius 1 is 1.12 bits per heavy atom.